The van der Waals surface area contributed by atoms with Crippen molar-refractivity contribution < 1.29 is 34.3 Å². The van der Waals surface area contributed by atoms with Crippen molar-refractivity contribution in [1.29, 1.82) is 0 Å². The molecule has 0 radical (unpaired) electrons. The topological polar surface area (TPSA) is 130 Å². The highest BCUT2D eigenvalue weighted by atomic mass is 16.8. The van der Waals surface area contributed by atoms with Crippen LogP contribution in [0.4, 0.5) is 0 Å². The normalized spacial score (nSPS) is 38.8. The van der Waals surface area contributed by atoms with Crippen LogP contribution in [-0.2, 0) is 19.0 Å². The molecule has 2 saturated heterocycles. The van der Waals surface area contributed by atoms with E-state index in [1.54, 1.807) is 7.05 Å². The van der Waals surface area contributed by atoms with Crippen LogP contribution in [0.2, 0.25) is 0 Å². The van der Waals surface area contributed by atoms with Gasteiger partial charge in [0.1, 0.15) is 12.2 Å². The second kappa shape index (κ2) is 11.0. The predicted molar refractivity (Wildman–Crippen MR) is 139 cm³/mol. The number of amides is 1. The van der Waals surface area contributed by atoms with Crippen molar-refractivity contribution in [2.24, 2.45) is 5.92 Å². The first-order chi connectivity index (χ1) is 18.3. The lowest BCUT2D eigenvalue weighted by atomic mass is 9.74. The van der Waals surface area contributed by atoms with Crippen LogP contribution in [0.3, 0.4) is 0 Å². The van der Waals surface area contributed by atoms with E-state index >= 15 is 0 Å². The van der Waals surface area contributed by atoms with Crippen LogP contribution < -0.4 is 10.6 Å². The molecular weight excluding hydrogens is 488 g/mol. The molecular formula is C29H38N2O7. The molecule has 1 amide bonds. The second-order valence-corrected chi connectivity index (χ2v) is 10.6. The summed E-state index contributed by atoms with van der Waals surface area (Å²) in [4.78, 5) is 13.9. The van der Waals surface area contributed by atoms with E-state index in [9.17, 15) is 20.1 Å². The number of rotatable bonds is 6. The van der Waals surface area contributed by atoms with Gasteiger partial charge in [0.05, 0.1) is 36.3 Å². The maximum Gasteiger partial charge on any atom is 0.239 e. The van der Waals surface area contributed by atoms with Crippen molar-refractivity contribution in [2.75, 3.05) is 7.05 Å². The molecule has 1 saturated carbocycles. The fourth-order valence-electron chi connectivity index (χ4n) is 6.28. The molecule has 3 fully saturated rings. The molecule has 0 bridgehead atoms. The van der Waals surface area contributed by atoms with Gasteiger partial charge in [0.15, 0.2) is 0 Å². The third kappa shape index (κ3) is 4.77. The summed E-state index contributed by atoms with van der Waals surface area (Å²) >= 11 is 0. The number of aliphatic hydroxyl groups is 3. The number of hydrogen-bond acceptors (Lipinski definition) is 8. The largest absolute Gasteiger partial charge is 0.391 e. The fraction of sp³-hybridized carbons (Fsp3) is 0.552. The molecule has 5 N–H and O–H groups in total. The van der Waals surface area contributed by atoms with E-state index in [4.69, 9.17) is 14.2 Å². The Morgan fingerprint density at radius 1 is 1.00 bits per heavy atom. The number of fused-ring (bicyclic) bond motifs is 2. The molecule has 2 aliphatic heterocycles. The smallest absolute Gasteiger partial charge is 0.239 e. The van der Waals surface area contributed by atoms with Gasteiger partial charge in [-0.2, -0.15) is 0 Å². The first-order valence-electron chi connectivity index (χ1n) is 13.4. The Bertz CT molecular complexity index is 1050. The van der Waals surface area contributed by atoms with Crippen LogP contribution in [0, 0.1) is 5.92 Å². The average molecular weight is 527 g/mol. The van der Waals surface area contributed by atoms with Gasteiger partial charge in [0.25, 0.3) is 0 Å². The lowest BCUT2D eigenvalue weighted by Crippen LogP contribution is -2.77. The summed E-state index contributed by atoms with van der Waals surface area (Å²) in [6.45, 7) is 3.73. The van der Waals surface area contributed by atoms with Crippen LogP contribution in [0.15, 0.2) is 60.7 Å². The predicted octanol–water partition coefficient (Wildman–Crippen LogP) is 1.26. The number of benzene rings is 2. The SMILES string of the molecule is CC[C@@H]1[C@H](O)[C@H](NC)C2O[C@]3(O)C(OC2[C@H]1O)O[C@H](C)C[C@H]3NC(=O)C(c1ccccc1)c1ccccc1. The Labute approximate surface area is 223 Å². The molecule has 2 aromatic rings. The lowest BCUT2D eigenvalue weighted by Gasteiger charge is -2.58. The van der Waals surface area contributed by atoms with Gasteiger partial charge in [0.2, 0.25) is 18.0 Å². The minimum atomic E-state index is -2.03. The van der Waals surface area contributed by atoms with E-state index in [1.807, 2.05) is 74.5 Å². The molecule has 0 spiro atoms. The Balaban J connectivity index is 1.45. The molecule has 10 atom stereocenters. The van der Waals surface area contributed by atoms with Gasteiger partial charge in [-0.3, -0.25) is 4.79 Å². The van der Waals surface area contributed by atoms with Gasteiger partial charge in [-0.25, -0.2) is 0 Å². The summed E-state index contributed by atoms with van der Waals surface area (Å²) < 4.78 is 18.4. The van der Waals surface area contributed by atoms with Crippen LogP contribution in [0.5, 0.6) is 0 Å². The van der Waals surface area contributed by atoms with Crippen molar-refractivity contribution in [2.45, 2.75) is 87.3 Å². The molecule has 3 aliphatic rings. The summed E-state index contributed by atoms with van der Waals surface area (Å²) in [5, 5.41) is 40.0. The Hall–Kier alpha value is -2.37. The number of carbonyl (C=O) groups excluding carboxylic acids is 1. The van der Waals surface area contributed by atoms with Crippen LogP contribution in [0.1, 0.15) is 43.7 Å². The number of aliphatic hydroxyl groups excluding tert-OH is 2. The molecule has 0 aromatic heterocycles. The zero-order valence-electron chi connectivity index (χ0n) is 21.9. The standard InChI is InChI=1S/C29H38N2O7/c1-4-19-23(32)22(30-3)25-26(24(19)33)37-28-29(35,38-25)20(15-16(2)36-28)31-27(34)21(17-11-7-5-8-12-17)18-13-9-6-10-14-18/h5-14,16,19-26,28,30,32-33,35H,4,15H2,1-3H3,(H,31,34)/t16-,19-,20-,22+,23+,24+,25?,26?,28?,29+/m1/s1. The van der Waals surface area contributed by atoms with E-state index in [1.165, 1.54) is 0 Å². The highest BCUT2D eigenvalue weighted by Crippen LogP contribution is 2.44. The number of likely N-dealkylation sites (N-methyl/N-ethyl adjacent to an activating group) is 1. The first-order valence-corrected chi connectivity index (χ1v) is 13.4. The van der Waals surface area contributed by atoms with Crippen molar-refractivity contribution in [3.05, 3.63) is 71.8 Å². The fourth-order valence-corrected chi connectivity index (χ4v) is 6.28. The van der Waals surface area contributed by atoms with E-state index < -0.39 is 60.4 Å². The zero-order chi connectivity index (χ0) is 27.0. The number of hydrogen-bond donors (Lipinski definition) is 5. The monoisotopic (exact) mass is 526 g/mol. The van der Waals surface area contributed by atoms with E-state index in [-0.39, 0.29) is 18.4 Å². The van der Waals surface area contributed by atoms with Crippen LogP contribution in [0.25, 0.3) is 0 Å². The quantitative estimate of drug-likeness (QED) is 0.381. The second-order valence-electron chi connectivity index (χ2n) is 10.6. The van der Waals surface area contributed by atoms with Gasteiger partial charge in [0, 0.05) is 5.92 Å². The van der Waals surface area contributed by atoms with Crippen LogP contribution >= 0.6 is 0 Å². The molecule has 3 unspecified atom stereocenters. The number of carbonyl (C=O) groups is 1. The third-order valence-electron chi connectivity index (χ3n) is 8.27. The maximum atomic E-state index is 13.9. The summed E-state index contributed by atoms with van der Waals surface area (Å²) in [6.07, 6.45) is -4.39. The summed E-state index contributed by atoms with van der Waals surface area (Å²) in [6, 6.07) is 17.5. The molecule has 206 valence electrons. The Morgan fingerprint density at radius 2 is 1.61 bits per heavy atom. The van der Waals surface area contributed by atoms with Crippen molar-refractivity contribution in [3.63, 3.8) is 0 Å². The summed E-state index contributed by atoms with van der Waals surface area (Å²) in [5.41, 5.74) is 1.64. The lowest BCUT2D eigenvalue weighted by molar-refractivity contribution is -0.450. The van der Waals surface area contributed by atoms with Gasteiger partial charge >= 0.3 is 0 Å². The highest BCUT2D eigenvalue weighted by Gasteiger charge is 2.63. The Kier molecular flexibility index (Phi) is 7.89. The van der Waals surface area contributed by atoms with Crippen molar-refractivity contribution >= 4 is 5.91 Å². The molecule has 2 aromatic carbocycles. The molecule has 38 heavy (non-hydrogen) atoms. The average Bonchev–Trinajstić information content (AvgIpc) is 2.91. The van der Waals surface area contributed by atoms with E-state index in [2.05, 4.69) is 10.6 Å². The van der Waals surface area contributed by atoms with Crippen molar-refractivity contribution in [1.82, 2.24) is 10.6 Å². The Morgan fingerprint density at radius 3 is 2.16 bits per heavy atom. The van der Waals surface area contributed by atoms with Gasteiger partial charge in [-0.1, -0.05) is 67.6 Å². The molecule has 1 aliphatic carbocycles. The summed E-state index contributed by atoms with van der Waals surface area (Å²) in [5.74, 6) is -3.37. The molecule has 9 nitrogen and oxygen atoms in total. The van der Waals surface area contributed by atoms with Gasteiger partial charge < -0.3 is 40.2 Å². The molecule has 2 heterocycles. The first kappa shape index (κ1) is 27.2. The highest BCUT2D eigenvalue weighted by molar-refractivity contribution is 5.87. The minimum Gasteiger partial charge on any atom is -0.391 e. The molecule has 5 rings (SSSR count). The third-order valence-corrected chi connectivity index (χ3v) is 8.27. The maximum absolute atomic E-state index is 13.9. The van der Waals surface area contributed by atoms with E-state index in [0.717, 1.165) is 11.1 Å². The van der Waals surface area contributed by atoms with Gasteiger partial charge in [-0.05, 0) is 37.9 Å². The van der Waals surface area contributed by atoms with Crippen molar-refractivity contribution in [3.8, 4) is 0 Å². The number of ether oxygens (including phenoxy) is 3. The summed E-state index contributed by atoms with van der Waals surface area (Å²) in [7, 11) is 1.69. The van der Waals surface area contributed by atoms with E-state index in [0.29, 0.717) is 6.42 Å². The van der Waals surface area contributed by atoms with Gasteiger partial charge in [-0.15, -0.1) is 0 Å². The zero-order valence-corrected chi connectivity index (χ0v) is 21.9. The molecule has 9 heteroatoms. The van der Waals surface area contributed by atoms with Crippen LogP contribution in [-0.4, -0.2) is 83.0 Å². The minimum absolute atomic E-state index is 0.280. The number of nitrogens with one attached hydrogen (secondary N) is 2.